The quantitative estimate of drug-likeness (QED) is 0.699. The van der Waals surface area contributed by atoms with Gasteiger partial charge >= 0.3 is 0 Å². The van der Waals surface area contributed by atoms with Crippen molar-refractivity contribution in [3.8, 4) is 16.5 Å². The summed E-state index contributed by atoms with van der Waals surface area (Å²) in [4.78, 5) is 15.7. The molecule has 7 nitrogen and oxygen atoms in total. The van der Waals surface area contributed by atoms with Gasteiger partial charge in [0.15, 0.2) is 11.6 Å². The van der Waals surface area contributed by atoms with E-state index in [1.165, 1.54) is 0 Å². The Kier molecular flexibility index (Phi) is 5.17. The number of thiazole rings is 1. The first-order valence-corrected chi connectivity index (χ1v) is 9.72. The molecular weight excluding hydrogens is 362 g/mol. The lowest BCUT2D eigenvalue weighted by atomic mass is 10.1. The number of aliphatic hydroxyl groups is 1. The number of ether oxygens (including phenoxy) is 1. The number of rotatable bonds is 5. The Morgan fingerprint density at radius 2 is 2.04 bits per heavy atom. The normalized spacial score (nSPS) is 15.0. The molecule has 1 aliphatic heterocycles. The molecule has 0 radical (unpaired) electrons. The summed E-state index contributed by atoms with van der Waals surface area (Å²) in [5, 5.41) is 15.7. The molecule has 4 heterocycles. The highest BCUT2D eigenvalue weighted by Crippen LogP contribution is 2.30. The van der Waals surface area contributed by atoms with Gasteiger partial charge < -0.3 is 20.1 Å². The lowest BCUT2D eigenvalue weighted by molar-refractivity contribution is 0.145. The molecule has 1 fully saturated rings. The van der Waals surface area contributed by atoms with Gasteiger partial charge in [-0.25, -0.2) is 15.0 Å². The zero-order valence-corrected chi connectivity index (χ0v) is 15.8. The van der Waals surface area contributed by atoms with Gasteiger partial charge in [-0.15, -0.1) is 11.3 Å². The lowest BCUT2D eigenvalue weighted by Gasteiger charge is -2.31. The molecule has 0 aromatic carbocycles. The zero-order chi connectivity index (χ0) is 18.6. The summed E-state index contributed by atoms with van der Waals surface area (Å²) < 4.78 is 5.42. The Bertz CT molecular complexity index is 878. The van der Waals surface area contributed by atoms with Crippen LogP contribution in [0.3, 0.4) is 0 Å². The largest absolute Gasteiger partial charge is 0.493 e. The summed E-state index contributed by atoms with van der Waals surface area (Å²) in [6, 6.07) is 7.73. The number of aliphatic hydroxyl groups excluding tert-OH is 1. The van der Waals surface area contributed by atoms with Crippen molar-refractivity contribution in [2.75, 3.05) is 30.4 Å². The van der Waals surface area contributed by atoms with Crippen molar-refractivity contribution in [3.05, 3.63) is 42.0 Å². The standard InChI is InChI=1S/C19H21N5O2S/c1-26-16-4-3-15(19-20-8-11-27-19)22-18(16)23-17-5-2-13(12-21-17)24-9-6-14(25)7-10-24/h2-5,8,11-12,14,25H,6-7,9-10H2,1H3,(H,21,22,23). The fraction of sp³-hybridized carbons (Fsp3) is 0.316. The maximum Gasteiger partial charge on any atom is 0.175 e. The third-order valence-corrected chi connectivity index (χ3v) is 5.35. The van der Waals surface area contributed by atoms with Crippen LogP contribution in [-0.4, -0.2) is 46.4 Å². The van der Waals surface area contributed by atoms with E-state index in [0.717, 1.165) is 42.3 Å². The second-order valence-corrected chi connectivity index (χ2v) is 7.22. The number of hydrogen-bond donors (Lipinski definition) is 2. The Morgan fingerprint density at radius 3 is 2.70 bits per heavy atom. The predicted octanol–water partition coefficient (Wildman–Crippen LogP) is 3.31. The van der Waals surface area contributed by atoms with E-state index in [2.05, 4.69) is 25.2 Å². The monoisotopic (exact) mass is 383 g/mol. The molecule has 1 aliphatic rings. The summed E-state index contributed by atoms with van der Waals surface area (Å²) in [5.41, 5.74) is 1.85. The smallest absolute Gasteiger partial charge is 0.175 e. The topological polar surface area (TPSA) is 83.4 Å². The first-order valence-electron chi connectivity index (χ1n) is 8.84. The summed E-state index contributed by atoms with van der Waals surface area (Å²) in [6.07, 6.45) is 5.02. The minimum absolute atomic E-state index is 0.182. The summed E-state index contributed by atoms with van der Waals surface area (Å²) >= 11 is 1.54. The third kappa shape index (κ3) is 4.01. The molecule has 3 aromatic rings. The van der Waals surface area contributed by atoms with E-state index in [-0.39, 0.29) is 6.10 Å². The van der Waals surface area contributed by atoms with Crippen LogP contribution >= 0.6 is 11.3 Å². The number of aromatic nitrogens is 3. The van der Waals surface area contributed by atoms with E-state index >= 15 is 0 Å². The van der Waals surface area contributed by atoms with Gasteiger partial charge in [-0.1, -0.05) is 0 Å². The Morgan fingerprint density at radius 1 is 1.19 bits per heavy atom. The van der Waals surface area contributed by atoms with Crippen molar-refractivity contribution >= 4 is 28.7 Å². The summed E-state index contributed by atoms with van der Waals surface area (Å²) in [6.45, 7) is 1.70. The van der Waals surface area contributed by atoms with Crippen LogP contribution in [0.25, 0.3) is 10.7 Å². The average Bonchev–Trinajstić information content (AvgIpc) is 3.24. The molecule has 0 unspecified atom stereocenters. The van der Waals surface area contributed by atoms with E-state index in [0.29, 0.717) is 17.4 Å². The fourth-order valence-electron chi connectivity index (χ4n) is 3.06. The first kappa shape index (κ1) is 17.7. The molecular formula is C19H21N5O2S. The van der Waals surface area contributed by atoms with Gasteiger partial charge in [0.25, 0.3) is 0 Å². The number of hydrogen-bond acceptors (Lipinski definition) is 8. The van der Waals surface area contributed by atoms with Gasteiger partial charge in [0, 0.05) is 24.7 Å². The average molecular weight is 383 g/mol. The molecule has 0 aliphatic carbocycles. The van der Waals surface area contributed by atoms with Crippen LogP contribution in [0.15, 0.2) is 42.0 Å². The highest BCUT2D eigenvalue weighted by atomic mass is 32.1. The van der Waals surface area contributed by atoms with Gasteiger partial charge in [-0.3, -0.25) is 0 Å². The van der Waals surface area contributed by atoms with Gasteiger partial charge in [0.1, 0.15) is 16.5 Å². The zero-order valence-electron chi connectivity index (χ0n) is 15.0. The molecule has 0 spiro atoms. The molecule has 0 saturated carbocycles. The maximum absolute atomic E-state index is 9.65. The van der Waals surface area contributed by atoms with Gasteiger partial charge in [-0.05, 0) is 37.1 Å². The molecule has 140 valence electrons. The van der Waals surface area contributed by atoms with Crippen LogP contribution in [0, 0.1) is 0 Å². The first-order chi connectivity index (χ1) is 13.2. The van der Waals surface area contributed by atoms with E-state index < -0.39 is 0 Å². The van der Waals surface area contributed by atoms with Crippen LogP contribution in [0.2, 0.25) is 0 Å². The van der Waals surface area contributed by atoms with Gasteiger partial charge in [-0.2, -0.15) is 0 Å². The van der Waals surface area contributed by atoms with Crippen LogP contribution in [0.4, 0.5) is 17.3 Å². The van der Waals surface area contributed by atoms with Gasteiger partial charge in [0.2, 0.25) is 0 Å². The van der Waals surface area contributed by atoms with Crippen molar-refractivity contribution in [1.29, 1.82) is 0 Å². The molecule has 3 aromatic heterocycles. The number of anilines is 3. The molecule has 27 heavy (non-hydrogen) atoms. The van der Waals surface area contributed by atoms with Crippen LogP contribution in [0.5, 0.6) is 5.75 Å². The van der Waals surface area contributed by atoms with Crippen LogP contribution in [0.1, 0.15) is 12.8 Å². The number of methoxy groups -OCH3 is 1. The molecule has 4 rings (SSSR count). The highest BCUT2D eigenvalue weighted by Gasteiger charge is 2.17. The summed E-state index contributed by atoms with van der Waals surface area (Å²) in [7, 11) is 1.62. The molecule has 1 saturated heterocycles. The minimum Gasteiger partial charge on any atom is -0.493 e. The Hall–Kier alpha value is -2.71. The Labute approximate surface area is 161 Å². The third-order valence-electron chi connectivity index (χ3n) is 4.55. The number of pyridine rings is 2. The van der Waals surface area contributed by atoms with Gasteiger partial charge in [0.05, 0.1) is 25.1 Å². The highest BCUT2D eigenvalue weighted by molar-refractivity contribution is 7.13. The van der Waals surface area contributed by atoms with E-state index in [1.54, 1.807) is 24.6 Å². The van der Waals surface area contributed by atoms with Crippen molar-refractivity contribution in [1.82, 2.24) is 15.0 Å². The molecule has 0 bridgehead atoms. The number of nitrogens with one attached hydrogen (secondary N) is 1. The predicted molar refractivity (Wildman–Crippen MR) is 107 cm³/mol. The summed E-state index contributed by atoms with van der Waals surface area (Å²) in [5.74, 6) is 1.94. The molecule has 0 amide bonds. The van der Waals surface area contributed by atoms with Crippen molar-refractivity contribution < 1.29 is 9.84 Å². The maximum atomic E-state index is 9.65. The van der Waals surface area contributed by atoms with E-state index in [1.807, 2.05) is 35.8 Å². The lowest BCUT2D eigenvalue weighted by Crippen LogP contribution is -2.35. The number of piperidine rings is 1. The SMILES string of the molecule is COc1ccc(-c2nccs2)nc1Nc1ccc(N2CCC(O)CC2)cn1. The second kappa shape index (κ2) is 7.89. The fourth-order valence-corrected chi connectivity index (χ4v) is 3.67. The molecule has 8 heteroatoms. The van der Waals surface area contributed by atoms with Crippen LogP contribution < -0.4 is 15.0 Å². The van der Waals surface area contributed by atoms with E-state index in [9.17, 15) is 5.11 Å². The van der Waals surface area contributed by atoms with Crippen molar-refractivity contribution in [2.45, 2.75) is 18.9 Å². The second-order valence-electron chi connectivity index (χ2n) is 6.33. The molecule has 0 atom stereocenters. The Balaban J connectivity index is 1.52. The van der Waals surface area contributed by atoms with Crippen LogP contribution in [-0.2, 0) is 0 Å². The number of nitrogens with zero attached hydrogens (tertiary/aromatic N) is 4. The van der Waals surface area contributed by atoms with E-state index in [4.69, 9.17) is 4.74 Å². The van der Waals surface area contributed by atoms with Crippen molar-refractivity contribution in [3.63, 3.8) is 0 Å². The molecule has 2 N–H and O–H groups in total. The van der Waals surface area contributed by atoms with Crippen molar-refractivity contribution in [2.24, 2.45) is 0 Å². The minimum atomic E-state index is -0.182.